The number of hydrazine groups is 1. The first kappa shape index (κ1) is 18.7. The van der Waals surface area contributed by atoms with E-state index in [1.807, 2.05) is 63.2 Å². The van der Waals surface area contributed by atoms with E-state index in [0.717, 1.165) is 22.4 Å². The molecule has 6 heteroatoms. The Labute approximate surface area is 153 Å². The van der Waals surface area contributed by atoms with E-state index in [4.69, 9.17) is 17.0 Å². The van der Waals surface area contributed by atoms with Crippen LogP contribution in [0, 0.1) is 20.8 Å². The van der Waals surface area contributed by atoms with Gasteiger partial charge in [0.1, 0.15) is 5.75 Å². The zero-order valence-corrected chi connectivity index (χ0v) is 15.7. The molecule has 5 nitrogen and oxygen atoms in total. The molecule has 2 aromatic carbocycles. The van der Waals surface area contributed by atoms with Gasteiger partial charge in [-0.25, -0.2) is 0 Å². The summed E-state index contributed by atoms with van der Waals surface area (Å²) in [5, 5.41) is 3.30. The fraction of sp³-hybridized carbons (Fsp3) is 0.263. The number of aryl methyl sites for hydroxylation is 2. The third-order valence-corrected chi connectivity index (χ3v) is 4.04. The Morgan fingerprint density at radius 1 is 1.04 bits per heavy atom. The highest BCUT2D eigenvalue weighted by atomic mass is 32.1. The van der Waals surface area contributed by atoms with Gasteiger partial charge in [0, 0.05) is 5.69 Å². The van der Waals surface area contributed by atoms with Crippen molar-refractivity contribution in [3.05, 3.63) is 59.2 Å². The third-order valence-electron chi connectivity index (χ3n) is 3.84. The van der Waals surface area contributed by atoms with Crippen LogP contribution in [0.3, 0.4) is 0 Å². The highest BCUT2D eigenvalue weighted by Crippen LogP contribution is 2.21. The predicted octanol–water partition coefficient (Wildman–Crippen LogP) is 3.40. The molecule has 0 fully saturated rings. The summed E-state index contributed by atoms with van der Waals surface area (Å²) in [6.07, 6.45) is -0.657. The molecule has 2 rings (SSSR count). The first-order valence-electron chi connectivity index (χ1n) is 8.03. The summed E-state index contributed by atoms with van der Waals surface area (Å²) in [6.45, 7) is 7.67. The van der Waals surface area contributed by atoms with E-state index in [1.54, 1.807) is 6.92 Å². The lowest BCUT2D eigenvalue weighted by molar-refractivity contribution is -0.127. The molecule has 0 aliphatic carbocycles. The van der Waals surface area contributed by atoms with Crippen LogP contribution in [0.25, 0.3) is 0 Å². The van der Waals surface area contributed by atoms with E-state index in [2.05, 4.69) is 16.2 Å². The molecule has 0 aliphatic heterocycles. The minimum atomic E-state index is -0.657. The van der Waals surface area contributed by atoms with Crippen LogP contribution in [0.15, 0.2) is 42.5 Å². The smallest absolute Gasteiger partial charge is 0.279 e. The highest BCUT2D eigenvalue weighted by molar-refractivity contribution is 7.80. The van der Waals surface area contributed by atoms with Crippen LogP contribution in [0.5, 0.6) is 5.75 Å². The number of ether oxygens (including phenoxy) is 1. The molecule has 1 atom stereocenters. The lowest BCUT2D eigenvalue weighted by atomic mass is 10.1. The maximum Gasteiger partial charge on any atom is 0.279 e. The predicted molar refractivity (Wildman–Crippen MR) is 105 cm³/mol. The molecule has 25 heavy (non-hydrogen) atoms. The third kappa shape index (κ3) is 5.46. The highest BCUT2D eigenvalue weighted by Gasteiger charge is 2.16. The summed E-state index contributed by atoms with van der Waals surface area (Å²) >= 11 is 5.16. The molecule has 2 aromatic rings. The van der Waals surface area contributed by atoms with Gasteiger partial charge in [0.2, 0.25) is 0 Å². The van der Waals surface area contributed by atoms with Crippen LogP contribution >= 0.6 is 12.2 Å². The van der Waals surface area contributed by atoms with Gasteiger partial charge in [0.25, 0.3) is 5.91 Å². The summed E-state index contributed by atoms with van der Waals surface area (Å²) in [4.78, 5) is 12.2. The normalized spacial score (nSPS) is 11.4. The van der Waals surface area contributed by atoms with Gasteiger partial charge in [0.15, 0.2) is 11.2 Å². The Hall–Kier alpha value is -2.60. The van der Waals surface area contributed by atoms with Crippen molar-refractivity contribution < 1.29 is 9.53 Å². The Kier molecular flexibility index (Phi) is 6.36. The molecule has 0 saturated carbocycles. The van der Waals surface area contributed by atoms with E-state index in [9.17, 15) is 4.79 Å². The molecule has 132 valence electrons. The van der Waals surface area contributed by atoms with Crippen LogP contribution in [-0.4, -0.2) is 17.1 Å². The van der Waals surface area contributed by atoms with Crippen LogP contribution in [-0.2, 0) is 4.79 Å². The molecular formula is C19H23N3O2S. The monoisotopic (exact) mass is 357 g/mol. The first-order valence-corrected chi connectivity index (χ1v) is 8.44. The number of anilines is 1. The molecule has 0 bridgehead atoms. The minimum Gasteiger partial charge on any atom is -0.481 e. The number of carbonyl (C=O) groups excluding carboxylic acids is 1. The second kappa shape index (κ2) is 8.48. The van der Waals surface area contributed by atoms with Crippen molar-refractivity contribution in [3.8, 4) is 5.75 Å². The van der Waals surface area contributed by atoms with Crippen LogP contribution in [0.1, 0.15) is 23.6 Å². The van der Waals surface area contributed by atoms with Crippen molar-refractivity contribution in [2.24, 2.45) is 0 Å². The molecule has 3 N–H and O–H groups in total. The van der Waals surface area contributed by atoms with Gasteiger partial charge in [-0.1, -0.05) is 29.8 Å². The number of rotatable bonds is 4. The van der Waals surface area contributed by atoms with Crippen molar-refractivity contribution in [1.29, 1.82) is 0 Å². The Morgan fingerprint density at radius 3 is 2.40 bits per heavy atom. The molecule has 0 heterocycles. The quantitative estimate of drug-likeness (QED) is 0.578. The summed E-state index contributed by atoms with van der Waals surface area (Å²) in [7, 11) is 0. The van der Waals surface area contributed by atoms with Gasteiger partial charge in [-0.2, -0.15) is 0 Å². The lowest BCUT2D eigenvalue weighted by Crippen LogP contribution is -2.48. The average molecular weight is 357 g/mol. The van der Waals surface area contributed by atoms with Crippen molar-refractivity contribution in [2.75, 3.05) is 5.32 Å². The molecule has 0 spiro atoms. The molecule has 0 aromatic heterocycles. The van der Waals surface area contributed by atoms with Crippen molar-refractivity contribution >= 4 is 28.9 Å². The average Bonchev–Trinajstić information content (AvgIpc) is 2.58. The number of hydrogen-bond donors (Lipinski definition) is 3. The summed E-state index contributed by atoms with van der Waals surface area (Å²) in [5.41, 5.74) is 9.37. The maximum absolute atomic E-state index is 12.2. The van der Waals surface area contributed by atoms with Crippen molar-refractivity contribution in [1.82, 2.24) is 10.9 Å². The van der Waals surface area contributed by atoms with E-state index in [-0.39, 0.29) is 5.91 Å². The van der Waals surface area contributed by atoms with Gasteiger partial charge in [-0.15, -0.1) is 0 Å². The Bertz CT molecular complexity index is 760. The fourth-order valence-corrected chi connectivity index (χ4v) is 2.28. The van der Waals surface area contributed by atoms with Gasteiger partial charge >= 0.3 is 0 Å². The number of carbonyl (C=O) groups is 1. The topological polar surface area (TPSA) is 62.4 Å². The standard InChI is InChI=1S/C19H23N3O2S/c1-12-8-10-16(11-9-12)20-19(25)22-21-18(23)15(4)24-17-7-5-6-13(2)14(17)3/h5-11,15H,1-4H3,(H,21,23)(H2,20,22,25)/t15-/m1/s1. The van der Waals surface area contributed by atoms with E-state index in [0.29, 0.717) is 10.9 Å². The van der Waals surface area contributed by atoms with Crippen molar-refractivity contribution in [2.45, 2.75) is 33.8 Å². The molecule has 0 unspecified atom stereocenters. The second-order valence-corrected chi connectivity index (χ2v) is 6.30. The Balaban J connectivity index is 1.83. The number of nitrogens with one attached hydrogen (secondary N) is 3. The summed E-state index contributed by atoms with van der Waals surface area (Å²) in [6, 6.07) is 13.5. The van der Waals surface area contributed by atoms with Crippen LogP contribution < -0.4 is 20.9 Å². The van der Waals surface area contributed by atoms with Gasteiger partial charge in [-0.05, 0) is 69.2 Å². The Morgan fingerprint density at radius 2 is 1.72 bits per heavy atom. The van der Waals surface area contributed by atoms with Gasteiger partial charge in [0.05, 0.1) is 0 Å². The van der Waals surface area contributed by atoms with Crippen LogP contribution in [0.4, 0.5) is 5.69 Å². The number of thiocarbonyl (C=S) groups is 1. The lowest BCUT2D eigenvalue weighted by Gasteiger charge is -2.18. The van der Waals surface area contributed by atoms with E-state index < -0.39 is 6.10 Å². The minimum absolute atomic E-state index is 0.302. The summed E-state index contributed by atoms with van der Waals surface area (Å²) < 4.78 is 5.74. The molecule has 0 radical (unpaired) electrons. The second-order valence-electron chi connectivity index (χ2n) is 5.89. The molecule has 0 aliphatic rings. The number of benzene rings is 2. The first-order chi connectivity index (χ1) is 11.9. The zero-order chi connectivity index (χ0) is 18.4. The molecule has 0 saturated heterocycles. The SMILES string of the molecule is Cc1ccc(NC(=S)NNC(=O)[C@@H](C)Oc2cccc(C)c2C)cc1. The van der Waals surface area contributed by atoms with E-state index >= 15 is 0 Å². The zero-order valence-electron chi connectivity index (χ0n) is 14.8. The van der Waals surface area contributed by atoms with Gasteiger partial charge < -0.3 is 10.1 Å². The largest absolute Gasteiger partial charge is 0.481 e. The van der Waals surface area contributed by atoms with Crippen molar-refractivity contribution in [3.63, 3.8) is 0 Å². The van der Waals surface area contributed by atoms with E-state index in [1.165, 1.54) is 0 Å². The van der Waals surface area contributed by atoms with Gasteiger partial charge in [-0.3, -0.25) is 15.6 Å². The molecular weight excluding hydrogens is 334 g/mol. The number of amides is 1. The fourth-order valence-electron chi connectivity index (χ4n) is 2.12. The summed E-state index contributed by atoms with van der Waals surface area (Å²) in [5.74, 6) is 0.386. The van der Waals surface area contributed by atoms with Crippen LogP contribution in [0.2, 0.25) is 0 Å². The molecule has 1 amide bonds. The maximum atomic E-state index is 12.2. The number of hydrogen-bond acceptors (Lipinski definition) is 3.